The molecule has 0 saturated carbocycles. The van der Waals surface area contributed by atoms with E-state index in [1.165, 1.54) is 0 Å². The molecule has 0 fully saturated rings. The number of hydrogen-bond acceptors (Lipinski definition) is 4. The minimum Gasteiger partial charge on any atom is -0.490 e. The second-order valence-electron chi connectivity index (χ2n) is 5.38. The van der Waals surface area contributed by atoms with Gasteiger partial charge in [-0.1, -0.05) is 0 Å². The summed E-state index contributed by atoms with van der Waals surface area (Å²) < 4.78 is 5.64. The predicted octanol–water partition coefficient (Wildman–Crippen LogP) is 2.25. The molecule has 1 aromatic carbocycles. The molecule has 0 spiro atoms. The summed E-state index contributed by atoms with van der Waals surface area (Å²) in [5.41, 5.74) is 2.73. The summed E-state index contributed by atoms with van der Waals surface area (Å²) in [6.45, 7) is 3.24. The molecule has 2 aromatic rings. The first-order chi connectivity index (χ1) is 10.7. The van der Waals surface area contributed by atoms with Crippen molar-refractivity contribution < 1.29 is 9.53 Å². The number of carbonyl (C=O) groups excluding carboxylic acids is 1. The molecule has 1 unspecified atom stereocenters. The number of benzene rings is 1. The number of carbonyl (C=O) groups is 1. The molecule has 1 atom stereocenters. The molecule has 1 aliphatic heterocycles. The lowest BCUT2D eigenvalue weighted by Crippen LogP contribution is -2.28. The zero-order valence-corrected chi connectivity index (χ0v) is 12.5. The van der Waals surface area contributed by atoms with Crippen molar-refractivity contribution >= 4 is 11.6 Å². The SMILES string of the molecule is CC1Cc2cc(C(=O)NCCNc3cccnc3)ccc2O1. The zero-order chi connectivity index (χ0) is 15.4. The van der Waals surface area contributed by atoms with E-state index < -0.39 is 0 Å². The van der Waals surface area contributed by atoms with Crippen molar-refractivity contribution in [3.05, 3.63) is 53.9 Å². The van der Waals surface area contributed by atoms with Gasteiger partial charge >= 0.3 is 0 Å². The highest BCUT2D eigenvalue weighted by Crippen LogP contribution is 2.29. The molecule has 3 rings (SSSR count). The third-order valence-corrected chi connectivity index (χ3v) is 3.56. The van der Waals surface area contributed by atoms with Gasteiger partial charge in [-0.05, 0) is 42.8 Å². The summed E-state index contributed by atoms with van der Waals surface area (Å²) in [5.74, 6) is 0.831. The molecule has 2 N–H and O–H groups in total. The number of fused-ring (bicyclic) bond motifs is 1. The Morgan fingerprint density at radius 1 is 1.36 bits per heavy atom. The van der Waals surface area contributed by atoms with Gasteiger partial charge in [-0.15, -0.1) is 0 Å². The molecule has 22 heavy (non-hydrogen) atoms. The van der Waals surface area contributed by atoms with Gasteiger partial charge in [0.05, 0.1) is 5.69 Å². The Hall–Kier alpha value is -2.56. The first-order valence-electron chi connectivity index (χ1n) is 7.44. The number of nitrogens with zero attached hydrogens (tertiary/aromatic N) is 1. The van der Waals surface area contributed by atoms with Crippen LogP contribution in [-0.2, 0) is 6.42 Å². The molecular formula is C17H19N3O2. The van der Waals surface area contributed by atoms with Crippen molar-refractivity contribution in [3.63, 3.8) is 0 Å². The lowest BCUT2D eigenvalue weighted by Gasteiger charge is -2.08. The smallest absolute Gasteiger partial charge is 0.251 e. The number of ether oxygens (including phenoxy) is 1. The minimum absolute atomic E-state index is 0.0599. The topological polar surface area (TPSA) is 63.2 Å². The molecular weight excluding hydrogens is 278 g/mol. The van der Waals surface area contributed by atoms with Gasteiger partial charge in [-0.3, -0.25) is 9.78 Å². The molecule has 2 heterocycles. The lowest BCUT2D eigenvalue weighted by atomic mass is 10.1. The Morgan fingerprint density at radius 2 is 2.27 bits per heavy atom. The lowest BCUT2D eigenvalue weighted by molar-refractivity contribution is 0.0955. The summed E-state index contributed by atoms with van der Waals surface area (Å²) in [7, 11) is 0. The van der Waals surface area contributed by atoms with E-state index in [4.69, 9.17) is 4.74 Å². The molecule has 1 amide bonds. The van der Waals surface area contributed by atoms with Gasteiger partial charge in [0.15, 0.2) is 0 Å². The summed E-state index contributed by atoms with van der Waals surface area (Å²) in [6, 6.07) is 9.41. The summed E-state index contributed by atoms with van der Waals surface area (Å²) >= 11 is 0. The van der Waals surface area contributed by atoms with Gasteiger partial charge < -0.3 is 15.4 Å². The maximum atomic E-state index is 12.1. The van der Waals surface area contributed by atoms with Crippen LogP contribution in [0.3, 0.4) is 0 Å². The van der Waals surface area contributed by atoms with E-state index in [9.17, 15) is 4.79 Å². The van der Waals surface area contributed by atoms with E-state index >= 15 is 0 Å². The molecule has 1 aromatic heterocycles. The van der Waals surface area contributed by atoms with Gasteiger partial charge in [0.1, 0.15) is 11.9 Å². The highest BCUT2D eigenvalue weighted by Gasteiger charge is 2.20. The van der Waals surface area contributed by atoms with Gasteiger partial charge in [0, 0.05) is 37.5 Å². The monoisotopic (exact) mass is 297 g/mol. The Kier molecular flexibility index (Phi) is 4.23. The van der Waals surface area contributed by atoms with Gasteiger partial charge in [0.25, 0.3) is 5.91 Å². The second kappa shape index (κ2) is 6.47. The molecule has 0 aliphatic carbocycles. The highest BCUT2D eigenvalue weighted by atomic mass is 16.5. The third kappa shape index (κ3) is 3.36. The number of rotatable bonds is 5. The van der Waals surface area contributed by atoms with Crippen LogP contribution in [0.1, 0.15) is 22.8 Å². The standard InChI is InChI=1S/C17H19N3O2/c1-12-9-14-10-13(4-5-16(14)22-12)17(21)20-8-7-19-15-3-2-6-18-11-15/h2-6,10-12,19H,7-9H2,1H3,(H,20,21). The highest BCUT2D eigenvalue weighted by molar-refractivity contribution is 5.94. The van der Waals surface area contributed by atoms with Crippen LogP contribution in [0.4, 0.5) is 5.69 Å². The Morgan fingerprint density at radius 3 is 3.09 bits per heavy atom. The zero-order valence-electron chi connectivity index (χ0n) is 12.5. The van der Waals surface area contributed by atoms with Crippen molar-refractivity contribution in [2.75, 3.05) is 18.4 Å². The first kappa shape index (κ1) is 14.4. The van der Waals surface area contributed by atoms with Crippen LogP contribution >= 0.6 is 0 Å². The fourth-order valence-electron chi connectivity index (χ4n) is 2.52. The fraction of sp³-hybridized carbons (Fsp3) is 0.294. The van der Waals surface area contributed by atoms with Gasteiger partial charge in [-0.2, -0.15) is 0 Å². The van der Waals surface area contributed by atoms with Gasteiger partial charge in [0.2, 0.25) is 0 Å². The molecule has 0 radical (unpaired) electrons. The van der Waals surface area contributed by atoms with Crippen LogP contribution in [0.5, 0.6) is 5.75 Å². The van der Waals surface area contributed by atoms with Crippen molar-refractivity contribution in [3.8, 4) is 5.75 Å². The van der Waals surface area contributed by atoms with Crippen molar-refractivity contribution in [2.45, 2.75) is 19.4 Å². The van der Waals surface area contributed by atoms with Crippen LogP contribution < -0.4 is 15.4 Å². The van der Waals surface area contributed by atoms with Crippen LogP contribution in [0.15, 0.2) is 42.7 Å². The maximum Gasteiger partial charge on any atom is 0.251 e. The summed E-state index contributed by atoms with van der Waals surface area (Å²) in [4.78, 5) is 16.2. The number of nitrogens with one attached hydrogen (secondary N) is 2. The Labute approximate surface area is 129 Å². The molecule has 114 valence electrons. The Bertz CT molecular complexity index is 658. The molecule has 5 heteroatoms. The second-order valence-corrected chi connectivity index (χ2v) is 5.38. The summed E-state index contributed by atoms with van der Waals surface area (Å²) in [6.07, 6.45) is 4.53. The third-order valence-electron chi connectivity index (χ3n) is 3.56. The van der Waals surface area contributed by atoms with E-state index in [2.05, 4.69) is 15.6 Å². The molecule has 0 bridgehead atoms. The van der Waals surface area contributed by atoms with Crippen LogP contribution in [0.25, 0.3) is 0 Å². The first-order valence-corrected chi connectivity index (χ1v) is 7.44. The van der Waals surface area contributed by atoms with E-state index in [-0.39, 0.29) is 12.0 Å². The number of anilines is 1. The number of hydrogen-bond donors (Lipinski definition) is 2. The van der Waals surface area contributed by atoms with Crippen molar-refractivity contribution in [1.29, 1.82) is 0 Å². The van der Waals surface area contributed by atoms with E-state index in [1.807, 2.05) is 31.2 Å². The van der Waals surface area contributed by atoms with Crippen LogP contribution in [0, 0.1) is 0 Å². The molecule has 0 saturated heterocycles. The average Bonchev–Trinajstić information content (AvgIpc) is 2.91. The normalized spacial score (nSPS) is 15.8. The van der Waals surface area contributed by atoms with Gasteiger partial charge in [-0.25, -0.2) is 0 Å². The Balaban J connectivity index is 1.49. The fourth-order valence-corrected chi connectivity index (χ4v) is 2.52. The van der Waals surface area contributed by atoms with Crippen LogP contribution in [-0.4, -0.2) is 30.1 Å². The average molecular weight is 297 g/mol. The van der Waals surface area contributed by atoms with Crippen molar-refractivity contribution in [2.24, 2.45) is 0 Å². The largest absolute Gasteiger partial charge is 0.490 e. The molecule has 1 aliphatic rings. The number of amides is 1. The quantitative estimate of drug-likeness (QED) is 0.831. The predicted molar refractivity (Wildman–Crippen MR) is 85.3 cm³/mol. The van der Waals surface area contributed by atoms with E-state index in [1.54, 1.807) is 18.5 Å². The maximum absolute atomic E-state index is 12.1. The number of aromatic nitrogens is 1. The minimum atomic E-state index is -0.0599. The number of pyridine rings is 1. The van der Waals surface area contributed by atoms with E-state index in [0.29, 0.717) is 18.7 Å². The van der Waals surface area contributed by atoms with Crippen molar-refractivity contribution in [1.82, 2.24) is 10.3 Å². The molecule has 5 nitrogen and oxygen atoms in total. The summed E-state index contributed by atoms with van der Waals surface area (Å²) in [5, 5.41) is 6.11. The van der Waals surface area contributed by atoms with Crippen LogP contribution in [0.2, 0.25) is 0 Å². The van der Waals surface area contributed by atoms with E-state index in [0.717, 1.165) is 23.4 Å².